The van der Waals surface area contributed by atoms with Gasteiger partial charge in [0.05, 0.1) is 7.11 Å². The van der Waals surface area contributed by atoms with Crippen molar-refractivity contribution in [2.24, 2.45) is 0 Å². The third-order valence-corrected chi connectivity index (χ3v) is 2.31. The largest absolute Gasteiger partial charge is 0.497 e. The number of nitrogen functional groups attached to an aromatic ring is 1. The van der Waals surface area contributed by atoms with Gasteiger partial charge >= 0.3 is 0 Å². The number of hydrogen-bond acceptors (Lipinski definition) is 4. The molecule has 4 heteroatoms. The van der Waals surface area contributed by atoms with Gasteiger partial charge in [0.1, 0.15) is 23.9 Å². The molecule has 1 aromatic heterocycles. The van der Waals surface area contributed by atoms with E-state index >= 15 is 0 Å². The molecular weight excluding hydrogens is 216 g/mol. The van der Waals surface area contributed by atoms with Crippen molar-refractivity contribution in [3.63, 3.8) is 0 Å². The highest BCUT2D eigenvalue weighted by atomic mass is 16.5. The molecule has 88 valence electrons. The van der Waals surface area contributed by atoms with E-state index in [1.807, 2.05) is 30.3 Å². The van der Waals surface area contributed by atoms with E-state index in [1.165, 1.54) is 0 Å². The SMILES string of the molecule is COc1ccc(OCc2ccnc(N)c2)cc1. The summed E-state index contributed by atoms with van der Waals surface area (Å²) < 4.78 is 10.7. The van der Waals surface area contributed by atoms with Crippen molar-refractivity contribution >= 4 is 5.82 Å². The molecule has 0 aliphatic rings. The number of nitrogens with two attached hydrogens (primary N) is 1. The number of pyridine rings is 1. The molecule has 0 unspecified atom stereocenters. The standard InChI is InChI=1S/C13H14N2O2/c1-16-11-2-4-12(5-3-11)17-9-10-6-7-15-13(14)8-10/h2-8H,9H2,1H3,(H2,14,15). The van der Waals surface area contributed by atoms with Gasteiger partial charge in [0.25, 0.3) is 0 Å². The van der Waals surface area contributed by atoms with Crippen LogP contribution in [0.5, 0.6) is 11.5 Å². The molecule has 0 radical (unpaired) electrons. The summed E-state index contributed by atoms with van der Waals surface area (Å²) in [5.74, 6) is 2.10. The van der Waals surface area contributed by atoms with Crippen molar-refractivity contribution in [3.05, 3.63) is 48.2 Å². The van der Waals surface area contributed by atoms with Crippen molar-refractivity contribution in [3.8, 4) is 11.5 Å². The maximum Gasteiger partial charge on any atom is 0.123 e. The molecule has 1 aromatic carbocycles. The second kappa shape index (κ2) is 5.21. The van der Waals surface area contributed by atoms with Gasteiger partial charge in [-0.25, -0.2) is 4.98 Å². The molecule has 0 aliphatic carbocycles. The maximum absolute atomic E-state index is 5.61. The minimum absolute atomic E-state index is 0.471. The third kappa shape index (κ3) is 3.11. The van der Waals surface area contributed by atoms with Crippen molar-refractivity contribution in [1.82, 2.24) is 4.98 Å². The maximum atomic E-state index is 5.61. The van der Waals surface area contributed by atoms with Crippen LogP contribution in [0.1, 0.15) is 5.56 Å². The zero-order valence-electron chi connectivity index (χ0n) is 9.59. The summed E-state index contributed by atoms with van der Waals surface area (Å²) in [6, 6.07) is 11.1. The van der Waals surface area contributed by atoms with Crippen LogP contribution in [0, 0.1) is 0 Å². The fourth-order valence-corrected chi connectivity index (χ4v) is 1.42. The first-order valence-electron chi connectivity index (χ1n) is 5.25. The lowest BCUT2D eigenvalue weighted by Gasteiger charge is -2.07. The molecule has 2 rings (SSSR count). The first-order valence-corrected chi connectivity index (χ1v) is 5.25. The summed E-state index contributed by atoms with van der Waals surface area (Å²) in [7, 11) is 1.63. The fourth-order valence-electron chi connectivity index (χ4n) is 1.42. The van der Waals surface area contributed by atoms with Crippen LogP contribution in [0.4, 0.5) is 5.82 Å². The Morgan fingerprint density at radius 2 is 1.82 bits per heavy atom. The average molecular weight is 230 g/mol. The number of ether oxygens (including phenoxy) is 2. The molecule has 4 nitrogen and oxygen atoms in total. The van der Waals surface area contributed by atoms with Gasteiger partial charge in [0.15, 0.2) is 0 Å². The first-order chi connectivity index (χ1) is 8.28. The predicted octanol–water partition coefficient (Wildman–Crippen LogP) is 2.25. The smallest absolute Gasteiger partial charge is 0.123 e. The van der Waals surface area contributed by atoms with E-state index in [-0.39, 0.29) is 0 Å². The van der Waals surface area contributed by atoms with Crippen LogP contribution < -0.4 is 15.2 Å². The minimum atomic E-state index is 0.471. The molecular formula is C13H14N2O2. The lowest BCUT2D eigenvalue weighted by atomic mass is 10.3. The predicted molar refractivity (Wildman–Crippen MR) is 66.0 cm³/mol. The van der Waals surface area contributed by atoms with Gasteiger partial charge in [-0.05, 0) is 42.0 Å². The zero-order valence-corrected chi connectivity index (χ0v) is 9.59. The highest BCUT2D eigenvalue weighted by Crippen LogP contribution is 2.18. The van der Waals surface area contributed by atoms with Gasteiger partial charge in [-0.2, -0.15) is 0 Å². The van der Waals surface area contributed by atoms with Crippen LogP contribution in [-0.2, 0) is 6.61 Å². The molecule has 0 spiro atoms. The summed E-state index contributed by atoms with van der Waals surface area (Å²) >= 11 is 0. The second-order valence-electron chi connectivity index (χ2n) is 3.55. The Balaban J connectivity index is 1.97. The molecule has 1 heterocycles. The Kier molecular flexibility index (Phi) is 3.45. The normalized spacial score (nSPS) is 9.94. The second-order valence-corrected chi connectivity index (χ2v) is 3.55. The van der Waals surface area contributed by atoms with Gasteiger partial charge in [0.2, 0.25) is 0 Å². The lowest BCUT2D eigenvalue weighted by molar-refractivity contribution is 0.305. The van der Waals surface area contributed by atoms with Gasteiger partial charge in [-0.3, -0.25) is 0 Å². The Morgan fingerprint density at radius 1 is 1.12 bits per heavy atom. The molecule has 2 aromatic rings. The van der Waals surface area contributed by atoms with Gasteiger partial charge in [-0.1, -0.05) is 0 Å². The fraction of sp³-hybridized carbons (Fsp3) is 0.154. The molecule has 0 aliphatic heterocycles. The number of nitrogens with zero attached hydrogens (tertiary/aromatic N) is 1. The molecule has 0 saturated carbocycles. The van der Waals surface area contributed by atoms with Crippen LogP contribution in [0.15, 0.2) is 42.6 Å². The quantitative estimate of drug-likeness (QED) is 0.875. The highest BCUT2D eigenvalue weighted by molar-refractivity contribution is 5.33. The Hall–Kier alpha value is -2.23. The van der Waals surface area contributed by atoms with Crippen molar-refractivity contribution < 1.29 is 9.47 Å². The van der Waals surface area contributed by atoms with Crippen molar-refractivity contribution in [2.75, 3.05) is 12.8 Å². The first kappa shape index (κ1) is 11.3. The summed E-state index contributed by atoms with van der Waals surface area (Å²) in [6.45, 7) is 0.471. The molecule has 0 saturated heterocycles. The number of rotatable bonds is 4. The van der Waals surface area contributed by atoms with E-state index in [9.17, 15) is 0 Å². The summed E-state index contributed by atoms with van der Waals surface area (Å²) in [5.41, 5.74) is 6.58. The Morgan fingerprint density at radius 3 is 2.47 bits per heavy atom. The molecule has 2 N–H and O–H groups in total. The Bertz CT molecular complexity index is 483. The number of methoxy groups -OCH3 is 1. The van der Waals surface area contributed by atoms with Gasteiger partial charge in [0, 0.05) is 6.20 Å². The summed E-state index contributed by atoms with van der Waals surface area (Å²) in [5, 5.41) is 0. The number of aromatic nitrogens is 1. The monoisotopic (exact) mass is 230 g/mol. The van der Waals surface area contributed by atoms with Crippen LogP contribution in [0.2, 0.25) is 0 Å². The van der Waals surface area contributed by atoms with Gasteiger partial charge in [-0.15, -0.1) is 0 Å². The zero-order chi connectivity index (χ0) is 12.1. The molecule has 0 amide bonds. The van der Waals surface area contributed by atoms with Gasteiger partial charge < -0.3 is 15.2 Å². The number of anilines is 1. The third-order valence-electron chi connectivity index (χ3n) is 2.31. The van der Waals surface area contributed by atoms with E-state index in [2.05, 4.69) is 4.98 Å². The van der Waals surface area contributed by atoms with Crippen molar-refractivity contribution in [1.29, 1.82) is 0 Å². The summed E-state index contributed by atoms with van der Waals surface area (Å²) in [6.07, 6.45) is 1.67. The van der Waals surface area contributed by atoms with E-state index < -0.39 is 0 Å². The molecule has 0 atom stereocenters. The van der Waals surface area contributed by atoms with E-state index in [0.29, 0.717) is 12.4 Å². The van der Waals surface area contributed by atoms with Crippen LogP contribution in [-0.4, -0.2) is 12.1 Å². The topological polar surface area (TPSA) is 57.4 Å². The van der Waals surface area contributed by atoms with Crippen LogP contribution in [0.25, 0.3) is 0 Å². The number of benzene rings is 1. The van der Waals surface area contributed by atoms with Crippen molar-refractivity contribution in [2.45, 2.75) is 6.61 Å². The number of hydrogen-bond donors (Lipinski definition) is 1. The summed E-state index contributed by atoms with van der Waals surface area (Å²) in [4.78, 5) is 3.92. The average Bonchev–Trinajstić information content (AvgIpc) is 2.37. The van der Waals surface area contributed by atoms with E-state index in [0.717, 1.165) is 17.1 Å². The molecule has 0 fully saturated rings. The molecule has 17 heavy (non-hydrogen) atoms. The highest BCUT2D eigenvalue weighted by Gasteiger charge is 1.97. The molecule has 0 bridgehead atoms. The van der Waals surface area contributed by atoms with Crippen LogP contribution in [0.3, 0.4) is 0 Å². The lowest BCUT2D eigenvalue weighted by Crippen LogP contribution is -1.97. The van der Waals surface area contributed by atoms with E-state index in [1.54, 1.807) is 19.4 Å². The van der Waals surface area contributed by atoms with E-state index in [4.69, 9.17) is 15.2 Å². The van der Waals surface area contributed by atoms with Crippen LogP contribution >= 0.6 is 0 Å². The minimum Gasteiger partial charge on any atom is -0.497 e. The Labute approximate surface area is 100 Å².